The monoisotopic (exact) mass is 238 g/mol. The second-order valence-electron chi connectivity index (χ2n) is 5.68. The number of nitriles is 1. The Hall–Kier alpha value is -0.590. The fourth-order valence-electron chi connectivity index (χ4n) is 2.57. The Labute approximate surface area is 105 Å². The van der Waals surface area contributed by atoms with E-state index in [1.807, 2.05) is 0 Å². The van der Waals surface area contributed by atoms with Crippen molar-refractivity contribution in [2.24, 2.45) is 17.6 Å². The highest BCUT2D eigenvalue weighted by atomic mass is 16.5. The van der Waals surface area contributed by atoms with Gasteiger partial charge in [0, 0.05) is 13.2 Å². The summed E-state index contributed by atoms with van der Waals surface area (Å²) in [5.41, 5.74) is 5.48. The van der Waals surface area contributed by atoms with Crippen LogP contribution >= 0.6 is 0 Å². The van der Waals surface area contributed by atoms with Gasteiger partial charge in [0.25, 0.3) is 0 Å². The number of ether oxygens (including phenoxy) is 1. The van der Waals surface area contributed by atoms with Gasteiger partial charge in [0.15, 0.2) is 0 Å². The molecule has 0 aromatic rings. The van der Waals surface area contributed by atoms with Gasteiger partial charge in [0.05, 0.1) is 6.07 Å². The predicted molar refractivity (Wildman–Crippen MR) is 69.4 cm³/mol. The van der Waals surface area contributed by atoms with Crippen LogP contribution < -0.4 is 5.73 Å². The van der Waals surface area contributed by atoms with E-state index in [0.717, 1.165) is 51.2 Å². The van der Waals surface area contributed by atoms with Gasteiger partial charge >= 0.3 is 0 Å². The van der Waals surface area contributed by atoms with Crippen LogP contribution in [0.25, 0.3) is 0 Å². The standard InChI is InChI=1S/C14H26N2O/c1-12(2)5-4-9-17-10-7-13-6-3-8-14(13,16)11-15/h12-13H,3-10,16H2,1-2H3. The molecule has 2 N–H and O–H groups in total. The molecule has 0 saturated heterocycles. The van der Waals surface area contributed by atoms with Gasteiger partial charge in [-0.1, -0.05) is 20.3 Å². The number of nitrogens with zero attached hydrogens (tertiary/aromatic N) is 1. The first-order valence-corrected chi connectivity index (χ1v) is 6.86. The molecular weight excluding hydrogens is 212 g/mol. The molecule has 3 nitrogen and oxygen atoms in total. The maximum atomic E-state index is 9.08. The quantitative estimate of drug-likeness (QED) is 0.694. The third-order valence-corrected chi connectivity index (χ3v) is 3.76. The first-order valence-electron chi connectivity index (χ1n) is 6.86. The van der Waals surface area contributed by atoms with Crippen molar-refractivity contribution in [3.8, 4) is 6.07 Å². The highest BCUT2D eigenvalue weighted by molar-refractivity contribution is 5.11. The Morgan fingerprint density at radius 1 is 1.47 bits per heavy atom. The molecular formula is C14H26N2O. The molecule has 1 rings (SSSR count). The number of nitrogens with two attached hydrogens (primary N) is 1. The summed E-state index contributed by atoms with van der Waals surface area (Å²) in [5, 5.41) is 9.08. The summed E-state index contributed by atoms with van der Waals surface area (Å²) in [7, 11) is 0. The van der Waals surface area contributed by atoms with Crippen LogP contribution in [0.5, 0.6) is 0 Å². The summed E-state index contributed by atoms with van der Waals surface area (Å²) in [6.45, 7) is 6.06. The predicted octanol–water partition coefficient (Wildman–Crippen LogP) is 2.85. The average molecular weight is 238 g/mol. The van der Waals surface area contributed by atoms with Crippen LogP contribution in [0.2, 0.25) is 0 Å². The van der Waals surface area contributed by atoms with Crippen molar-refractivity contribution in [2.45, 2.75) is 57.9 Å². The molecule has 1 aliphatic rings. The van der Waals surface area contributed by atoms with E-state index in [4.69, 9.17) is 15.7 Å². The molecule has 0 radical (unpaired) electrons. The molecule has 0 aliphatic heterocycles. The average Bonchev–Trinajstić information content (AvgIpc) is 2.66. The topological polar surface area (TPSA) is 59.0 Å². The SMILES string of the molecule is CC(C)CCCOCCC1CCCC1(N)C#N. The number of hydrogen-bond acceptors (Lipinski definition) is 3. The Bertz CT molecular complexity index is 259. The molecule has 1 aliphatic carbocycles. The molecule has 2 atom stereocenters. The van der Waals surface area contributed by atoms with Gasteiger partial charge in [0.1, 0.15) is 5.54 Å². The largest absolute Gasteiger partial charge is 0.381 e. The fraction of sp³-hybridized carbons (Fsp3) is 0.929. The molecule has 2 unspecified atom stereocenters. The van der Waals surface area contributed by atoms with Crippen LogP contribution in [-0.4, -0.2) is 18.8 Å². The molecule has 0 aromatic carbocycles. The normalized spacial score (nSPS) is 28.5. The third kappa shape index (κ3) is 4.65. The Morgan fingerprint density at radius 2 is 2.24 bits per heavy atom. The van der Waals surface area contributed by atoms with Crippen LogP contribution in [-0.2, 0) is 4.74 Å². The maximum absolute atomic E-state index is 9.08. The van der Waals surface area contributed by atoms with Crippen LogP contribution in [0.1, 0.15) is 52.4 Å². The highest BCUT2D eigenvalue weighted by Gasteiger charge is 2.39. The van der Waals surface area contributed by atoms with E-state index in [2.05, 4.69) is 19.9 Å². The Balaban J connectivity index is 2.09. The molecule has 0 bridgehead atoms. The van der Waals surface area contributed by atoms with Gasteiger partial charge in [-0.05, 0) is 43.9 Å². The molecule has 0 spiro atoms. The second-order valence-corrected chi connectivity index (χ2v) is 5.68. The van der Waals surface area contributed by atoms with Gasteiger partial charge < -0.3 is 10.5 Å². The summed E-state index contributed by atoms with van der Waals surface area (Å²) in [5.74, 6) is 1.08. The number of rotatable bonds is 7. The Morgan fingerprint density at radius 3 is 2.88 bits per heavy atom. The van der Waals surface area contributed by atoms with Gasteiger partial charge in [-0.25, -0.2) is 0 Å². The van der Waals surface area contributed by atoms with Crippen molar-refractivity contribution in [1.29, 1.82) is 5.26 Å². The molecule has 1 fully saturated rings. The minimum absolute atomic E-state index is 0.331. The lowest BCUT2D eigenvalue weighted by atomic mass is 9.87. The lowest BCUT2D eigenvalue weighted by Crippen LogP contribution is -2.42. The van der Waals surface area contributed by atoms with E-state index in [9.17, 15) is 0 Å². The summed E-state index contributed by atoms with van der Waals surface area (Å²) in [6.07, 6.45) is 6.31. The smallest absolute Gasteiger partial charge is 0.107 e. The van der Waals surface area contributed by atoms with E-state index < -0.39 is 5.54 Å². The van der Waals surface area contributed by atoms with E-state index in [1.54, 1.807) is 0 Å². The van der Waals surface area contributed by atoms with Crippen molar-refractivity contribution >= 4 is 0 Å². The molecule has 0 aromatic heterocycles. The van der Waals surface area contributed by atoms with Gasteiger partial charge in [-0.15, -0.1) is 0 Å². The molecule has 0 amide bonds. The fourth-order valence-corrected chi connectivity index (χ4v) is 2.57. The summed E-state index contributed by atoms with van der Waals surface area (Å²) < 4.78 is 5.62. The van der Waals surface area contributed by atoms with Crippen LogP contribution in [0.3, 0.4) is 0 Å². The summed E-state index contributed by atoms with van der Waals surface area (Å²) >= 11 is 0. The number of hydrogen-bond donors (Lipinski definition) is 1. The van der Waals surface area contributed by atoms with Crippen LogP contribution in [0.4, 0.5) is 0 Å². The lowest BCUT2D eigenvalue weighted by Gasteiger charge is -2.23. The summed E-state index contributed by atoms with van der Waals surface area (Å²) in [4.78, 5) is 0. The molecule has 0 heterocycles. The third-order valence-electron chi connectivity index (χ3n) is 3.76. The Kier molecular flexibility index (Phi) is 5.94. The van der Waals surface area contributed by atoms with Crippen molar-refractivity contribution in [3.63, 3.8) is 0 Å². The second kappa shape index (κ2) is 6.98. The minimum atomic E-state index is -0.582. The first-order chi connectivity index (χ1) is 8.08. The van der Waals surface area contributed by atoms with Crippen LogP contribution in [0, 0.1) is 23.2 Å². The molecule has 1 saturated carbocycles. The zero-order valence-electron chi connectivity index (χ0n) is 11.2. The summed E-state index contributed by atoms with van der Waals surface area (Å²) in [6, 6.07) is 2.28. The van der Waals surface area contributed by atoms with Gasteiger partial charge in [0.2, 0.25) is 0 Å². The van der Waals surface area contributed by atoms with Gasteiger partial charge in [-0.2, -0.15) is 5.26 Å². The van der Waals surface area contributed by atoms with Crippen molar-refractivity contribution < 1.29 is 4.74 Å². The van der Waals surface area contributed by atoms with Crippen molar-refractivity contribution in [1.82, 2.24) is 0 Å². The molecule has 17 heavy (non-hydrogen) atoms. The molecule has 98 valence electrons. The highest BCUT2D eigenvalue weighted by Crippen LogP contribution is 2.35. The first kappa shape index (κ1) is 14.5. The molecule has 3 heteroatoms. The minimum Gasteiger partial charge on any atom is -0.381 e. The van der Waals surface area contributed by atoms with E-state index in [1.165, 1.54) is 6.42 Å². The van der Waals surface area contributed by atoms with E-state index >= 15 is 0 Å². The maximum Gasteiger partial charge on any atom is 0.107 e. The van der Waals surface area contributed by atoms with E-state index in [0.29, 0.717) is 5.92 Å². The van der Waals surface area contributed by atoms with Crippen molar-refractivity contribution in [3.05, 3.63) is 0 Å². The van der Waals surface area contributed by atoms with Crippen molar-refractivity contribution in [2.75, 3.05) is 13.2 Å². The van der Waals surface area contributed by atoms with Gasteiger partial charge in [-0.3, -0.25) is 0 Å². The zero-order valence-corrected chi connectivity index (χ0v) is 11.2. The lowest BCUT2D eigenvalue weighted by molar-refractivity contribution is 0.109. The van der Waals surface area contributed by atoms with Crippen LogP contribution in [0.15, 0.2) is 0 Å². The van der Waals surface area contributed by atoms with E-state index in [-0.39, 0.29) is 0 Å². The zero-order chi connectivity index (χ0) is 12.7.